The molecule has 1 N–H and O–H groups in total. The first-order valence-electron chi connectivity index (χ1n) is 11.2. The van der Waals surface area contributed by atoms with Crippen LogP contribution in [-0.2, 0) is 16.0 Å². The van der Waals surface area contributed by atoms with Crippen molar-refractivity contribution in [2.24, 2.45) is 0 Å². The molecule has 0 saturated heterocycles. The highest BCUT2D eigenvalue weighted by Crippen LogP contribution is 2.39. The van der Waals surface area contributed by atoms with Gasteiger partial charge in [-0.15, -0.1) is 0 Å². The molecule has 3 aromatic rings. The van der Waals surface area contributed by atoms with Gasteiger partial charge in [-0.1, -0.05) is 25.1 Å². The van der Waals surface area contributed by atoms with Gasteiger partial charge in [-0.05, 0) is 61.7 Å². The van der Waals surface area contributed by atoms with Crippen LogP contribution in [0.3, 0.4) is 0 Å². The molecule has 7 heteroatoms. The third kappa shape index (κ3) is 4.57. The molecule has 0 radical (unpaired) electrons. The molecule has 1 aliphatic rings. The predicted molar refractivity (Wildman–Crippen MR) is 127 cm³/mol. The van der Waals surface area contributed by atoms with E-state index >= 15 is 0 Å². The van der Waals surface area contributed by atoms with E-state index in [1.807, 2.05) is 60.2 Å². The van der Waals surface area contributed by atoms with E-state index in [9.17, 15) is 10.1 Å². The van der Waals surface area contributed by atoms with E-state index in [4.69, 9.17) is 9.47 Å². The fourth-order valence-corrected chi connectivity index (χ4v) is 4.05. The van der Waals surface area contributed by atoms with E-state index in [0.29, 0.717) is 31.0 Å². The van der Waals surface area contributed by atoms with Gasteiger partial charge < -0.3 is 24.3 Å². The highest BCUT2D eigenvalue weighted by Gasteiger charge is 2.33. The number of carbonyl (C=O) groups is 1. The minimum atomic E-state index is -0.382. The summed E-state index contributed by atoms with van der Waals surface area (Å²) in [7, 11) is 0. The van der Waals surface area contributed by atoms with E-state index < -0.39 is 0 Å². The fraction of sp³-hybridized carbons (Fsp3) is 0.308. The summed E-state index contributed by atoms with van der Waals surface area (Å²) in [4.78, 5) is 14.7. The summed E-state index contributed by atoms with van der Waals surface area (Å²) in [6.07, 6.45) is 2.46. The molecule has 0 saturated carbocycles. The van der Waals surface area contributed by atoms with Gasteiger partial charge in [0.25, 0.3) is 0 Å². The number of anilines is 2. The van der Waals surface area contributed by atoms with E-state index in [-0.39, 0.29) is 12.3 Å². The zero-order chi connectivity index (χ0) is 23.4. The van der Waals surface area contributed by atoms with Gasteiger partial charge in [-0.25, -0.2) is 4.79 Å². The Morgan fingerprint density at radius 2 is 1.97 bits per heavy atom. The van der Waals surface area contributed by atoms with E-state index in [1.54, 1.807) is 13.0 Å². The first-order chi connectivity index (χ1) is 16.0. The lowest BCUT2D eigenvalue weighted by molar-refractivity contribution is 0.0525. The average molecular weight is 445 g/mol. The molecule has 4 rings (SSSR count). The van der Waals surface area contributed by atoms with Crippen molar-refractivity contribution in [3.8, 4) is 11.8 Å². The van der Waals surface area contributed by atoms with Crippen molar-refractivity contribution >= 4 is 17.3 Å². The molecule has 1 atom stereocenters. The topological polar surface area (TPSA) is 79.5 Å². The van der Waals surface area contributed by atoms with E-state index in [0.717, 1.165) is 34.6 Å². The number of ether oxygens (including phenoxy) is 2. The van der Waals surface area contributed by atoms with Crippen molar-refractivity contribution in [2.45, 2.75) is 40.1 Å². The largest absolute Gasteiger partial charge is 0.462 e. The van der Waals surface area contributed by atoms with Gasteiger partial charge in [0.05, 0.1) is 30.2 Å². The van der Waals surface area contributed by atoms with Crippen LogP contribution in [0.15, 0.2) is 54.7 Å². The minimum absolute atomic E-state index is 0.316. The van der Waals surface area contributed by atoms with Crippen LogP contribution in [0.5, 0.6) is 0 Å². The molecule has 0 fully saturated rings. The number of carbonyl (C=O) groups excluding carboxylic acids is 1. The number of esters is 1. The number of para-hydroxylation sites is 1. The number of nitrogens with zero attached hydrogens (tertiary/aromatic N) is 3. The molecule has 2 heterocycles. The van der Waals surface area contributed by atoms with Gasteiger partial charge in [0.15, 0.2) is 0 Å². The zero-order valence-corrected chi connectivity index (χ0v) is 19.2. The van der Waals surface area contributed by atoms with Crippen LogP contribution in [0, 0.1) is 18.3 Å². The Hall–Kier alpha value is -3.76. The van der Waals surface area contributed by atoms with Crippen molar-refractivity contribution in [1.29, 1.82) is 5.26 Å². The number of benzene rings is 2. The summed E-state index contributed by atoms with van der Waals surface area (Å²) in [5, 5.41) is 12.8. The average Bonchev–Trinajstić information content (AvgIpc) is 3.38. The third-order valence-electron chi connectivity index (χ3n) is 5.50. The Morgan fingerprint density at radius 3 is 2.67 bits per heavy atom. The van der Waals surface area contributed by atoms with Gasteiger partial charge in [-0.3, -0.25) is 0 Å². The summed E-state index contributed by atoms with van der Waals surface area (Å²) in [5.41, 5.74) is 5.77. The maximum Gasteiger partial charge on any atom is 0.340 e. The standard InChI is InChI=1S/C26H28N4O3/c1-4-13-33-26-28-23-8-6-7-22(25(31)32-5-2)24(23)30(26)17-19-9-11-20(12-10-19)29-16-18(3)14-21(29)15-27/h6-12,14,16,26,28H,4-5,13,17H2,1-3H3. The number of hydrogen-bond acceptors (Lipinski definition) is 6. The molecule has 1 aliphatic heterocycles. The van der Waals surface area contributed by atoms with Gasteiger partial charge in [0.1, 0.15) is 11.8 Å². The van der Waals surface area contributed by atoms with Crippen LogP contribution >= 0.6 is 0 Å². The second-order valence-corrected chi connectivity index (χ2v) is 7.97. The highest BCUT2D eigenvalue weighted by atomic mass is 16.5. The summed E-state index contributed by atoms with van der Waals surface area (Å²) >= 11 is 0. The molecule has 0 bridgehead atoms. The molecule has 1 unspecified atom stereocenters. The van der Waals surface area contributed by atoms with Crippen LogP contribution in [0.25, 0.3) is 5.69 Å². The number of fused-ring (bicyclic) bond motifs is 1. The van der Waals surface area contributed by atoms with Gasteiger partial charge in [-0.2, -0.15) is 5.26 Å². The molecule has 0 spiro atoms. The van der Waals surface area contributed by atoms with Crippen LogP contribution < -0.4 is 10.2 Å². The van der Waals surface area contributed by atoms with Crippen molar-refractivity contribution in [2.75, 3.05) is 23.4 Å². The van der Waals surface area contributed by atoms with E-state index in [1.165, 1.54) is 0 Å². The molecule has 2 aromatic carbocycles. The Balaban J connectivity index is 1.64. The summed E-state index contributed by atoms with van der Waals surface area (Å²) in [5.74, 6) is -0.348. The number of aromatic nitrogens is 1. The second kappa shape index (κ2) is 9.80. The SMILES string of the molecule is CCCOC1Nc2cccc(C(=O)OCC)c2N1Cc1ccc(-n2cc(C)cc2C#N)cc1. The molecular formula is C26H28N4O3. The second-order valence-electron chi connectivity index (χ2n) is 7.97. The maximum absolute atomic E-state index is 12.6. The highest BCUT2D eigenvalue weighted by molar-refractivity contribution is 6.00. The monoisotopic (exact) mass is 444 g/mol. The Bertz CT molecular complexity index is 1180. The molecule has 0 aliphatic carbocycles. The lowest BCUT2D eigenvalue weighted by Gasteiger charge is -2.27. The van der Waals surface area contributed by atoms with Gasteiger partial charge in [0, 0.05) is 18.4 Å². The van der Waals surface area contributed by atoms with Crippen LogP contribution in [-0.4, -0.2) is 30.1 Å². The first kappa shape index (κ1) is 22.4. The normalized spacial score (nSPS) is 14.5. The number of nitrogens with one attached hydrogen (secondary N) is 1. The summed E-state index contributed by atoms with van der Waals surface area (Å²) in [6.45, 7) is 7.29. The molecular weight excluding hydrogens is 416 g/mol. The Morgan fingerprint density at radius 1 is 1.18 bits per heavy atom. The lowest BCUT2D eigenvalue weighted by atomic mass is 10.1. The minimum Gasteiger partial charge on any atom is -0.462 e. The Labute approximate surface area is 194 Å². The van der Waals surface area contributed by atoms with E-state index in [2.05, 4.69) is 23.2 Å². The number of nitriles is 1. The van der Waals surface area contributed by atoms with Crippen molar-refractivity contribution in [1.82, 2.24) is 4.57 Å². The van der Waals surface area contributed by atoms with Gasteiger partial charge >= 0.3 is 5.97 Å². The third-order valence-corrected chi connectivity index (χ3v) is 5.50. The van der Waals surface area contributed by atoms with Crippen LogP contribution in [0.1, 0.15) is 47.4 Å². The molecule has 1 aromatic heterocycles. The van der Waals surface area contributed by atoms with Crippen LogP contribution in [0.2, 0.25) is 0 Å². The molecule has 7 nitrogen and oxygen atoms in total. The van der Waals surface area contributed by atoms with Crippen LogP contribution in [0.4, 0.5) is 11.4 Å². The maximum atomic E-state index is 12.6. The molecule has 33 heavy (non-hydrogen) atoms. The van der Waals surface area contributed by atoms with Crippen molar-refractivity contribution in [3.63, 3.8) is 0 Å². The fourth-order valence-electron chi connectivity index (χ4n) is 4.05. The summed E-state index contributed by atoms with van der Waals surface area (Å²) in [6, 6.07) is 17.8. The van der Waals surface area contributed by atoms with Gasteiger partial charge in [0.2, 0.25) is 6.35 Å². The summed E-state index contributed by atoms with van der Waals surface area (Å²) < 4.78 is 13.2. The van der Waals surface area contributed by atoms with Crippen molar-refractivity contribution < 1.29 is 14.3 Å². The number of rotatable bonds is 8. The zero-order valence-electron chi connectivity index (χ0n) is 19.2. The smallest absolute Gasteiger partial charge is 0.340 e. The quantitative estimate of drug-likeness (QED) is 0.494. The lowest BCUT2D eigenvalue weighted by Crippen LogP contribution is -2.38. The Kier molecular flexibility index (Phi) is 6.66. The van der Waals surface area contributed by atoms with Crippen molar-refractivity contribution in [3.05, 3.63) is 77.1 Å². The number of hydrogen-bond donors (Lipinski definition) is 1. The molecule has 170 valence electrons. The molecule has 0 amide bonds. The first-order valence-corrected chi connectivity index (χ1v) is 11.2. The number of aryl methyl sites for hydroxylation is 1. The predicted octanol–water partition coefficient (Wildman–Crippen LogP) is 4.98.